The molecule has 1 aliphatic rings. The van der Waals surface area contributed by atoms with Crippen molar-refractivity contribution in [3.8, 4) is 11.6 Å². The maximum atomic E-state index is 14.1. The minimum atomic E-state index is -1.19. The molecule has 166 valence electrons. The molecule has 0 amide bonds. The van der Waals surface area contributed by atoms with Gasteiger partial charge in [0, 0.05) is 30.8 Å². The molecule has 9 nitrogen and oxygen atoms in total. The number of fused-ring (bicyclic) bond motifs is 1. The maximum absolute atomic E-state index is 14.1. The fourth-order valence-electron chi connectivity index (χ4n) is 3.84. The van der Waals surface area contributed by atoms with E-state index in [2.05, 4.69) is 25.4 Å². The summed E-state index contributed by atoms with van der Waals surface area (Å²) >= 11 is 0. The Labute approximate surface area is 180 Å². The predicted molar refractivity (Wildman–Crippen MR) is 109 cm³/mol. The van der Waals surface area contributed by atoms with E-state index < -0.39 is 17.5 Å². The van der Waals surface area contributed by atoms with Crippen molar-refractivity contribution >= 4 is 17.7 Å². The Kier molecular flexibility index (Phi) is 5.13. The minimum Gasteiger partial charge on any atom is -0.461 e. The average molecular weight is 444 g/mol. The van der Waals surface area contributed by atoms with Crippen molar-refractivity contribution in [2.24, 2.45) is 0 Å². The molecule has 0 aliphatic carbocycles. The molecule has 1 atom stereocenters. The molecule has 5 rings (SSSR count). The lowest BCUT2D eigenvalue weighted by Crippen LogP contribution is -2.35. The van der Waals surface area contributed by atoms with Crippen LogP contribution in [0.4, 0.5) is 25.1 Å². The van der Waals surface area contributed by atoms with Gasteiger partial charge in [-0.1, -0.05) is 0 Å². The Morgan fingerprint density at radius 3 is 2.78 bits per heavy atom. The van der Waals surface area contributed by atoms with Gasteiger partial charge in [-0.2, -0.15) is 19.5 Å². The summed E-state index contributed by atoms with van der Waals surface area (Å²) < 4.78 is 47.4. The summed E-state index contributed by atoms with van der Waals surface area (Å²) in [5.41, 5.74) is 6.12. The number of aromatic nitrogens is 5. The number of furan rings is 1. The predicted octanol–water partition coefficient (Wildman–Crippen LogP) is 2.86. The lowest BCUT2D eigenvalue weighted by Gasteiger charge is -2.25. The molecule has 1 unspecified atom stereocenters. The highest BCUT2D eigenvalue weighted by Crippen LogP contribution is 2.23. The molecule has 1 fully saturated rings. The molecule has 0 saturated carbocycles. The summed E-state index contributed by atoms with van der Waals surface area (Å²) in [5, 5.41) is 7.38. The van der Waals surface area contributed by atoms with Gasteiger partial charge in [0.2, 0.25) is 17.7 Å². The number of nitrogens with two attached hydrogens (primary N) is 1. The third-order valence-corrected chi connectivity index (χ3v) is 5.43. The van der Waals surface area contributed by atoms with Crippen LogP contribution in [0.5, 0.6) is 0 Å². The van der Waals surface area contributed by atoms with Gasteiger partial charge in [-0.05, 0) is 37.6 Å². The van der Waals surface area contributed by atoms with Crippen molar-refractivity contribution in [1.29, 1.82) is 0 Å². The van der Waals surface area contributed by atoms with E-state index in [0.717, 1.165) is 18.9 Å². The van der Waals surface area contributed by atoms with Crippen LogP contribution in [0.3, 0.4) is 0 Å². The fraction of sp³-hybridized carbons (Fsp3) is 0.300. The minimum absolute atomic E-state index is 0.0279. The van der Waals surface area contributed by atoms with Crippen molar-refractivity contribution in [2.75, 3.05) is 24.1 Å². The Hall–Kier alpha value is -3.67. The summed E-state index contributed by atoms with van der Waals surface area (Å²) in [5.74, 6) is -1.55. The van der Waals surface area contributed by atoms with Crippen molar-refractivity contribution in [3.05, 3.63) is 53.5 Å². The molecule has 12 heteroatoms. The van der Waals surface area contributed by atoms with Gasteiger partial charge in [-0.15, -0.1) is 5.10 Å². The van der Waals surface area contributed by atoms with E-state index in [1.165, 1.54) is 10.8 Å². The van der Waals surface area contributed by atoms with E-state index in [-0.39, 0.29) is 35.8 Å². The number of likely N-dealkylation sites (tertiary alicyclic amines) is 1. The normalized spacial score (nSPS) is 16.8. The highest BCUT2D eigenvalue weighted by molar-refractivity contribution is 5.52. The van der Waals surface area contributed by atoms with Crippen molar-refractivity contribution in [2.45, 2.75) is 25.4 Å². The summed E-state index contributed by atoms with van der Waals surface area (Å²) in [6.45, 7) is 1.34. The highest BCUT2D eigenvalue weighted by atomic mass is 19.2. The number of rotatable bonds is 6. The first-order valence-corrected chi connectivity index (χ1v) is 10.0. The molecule has 3 N–H and O–H groups in total. The summed E-state index contributed by atoms with van der Waals surface area (Å²) in [4.78, 5) is 14.9. The zero-order valence-corrected chi connectivity index (χ0v) is 16.8. The number of anilines is 2. The van der Waals surface area contributed by atoms with Crippen LogP contribution in [-0.2, 0) is 6.54 Å². The molecule has 4 heterocycles. The lowest BCUT2D eigenvalue weighted by atomic mass is 10.1. The van der Waals surface area contributed by atoms with E-state index in [9.17, 15) is 13.2 Å². The molecular weight excluding hydrogens is 425 g/mol. The van der Waals surface area contributed by atoms with E-state index >= 15 is 0 Å². The molecule has 0 bridgehead atoms. The van der Waals surface area contributed by atoms with Gasteiger partial charge in [0.05, 0.1) is 6.26 Å². The number of nitrogen functional groups attached to an aromatic ring is 1. The number of hydrogen-bond donors (Lipinski definition) is 2. The number of hydrogen-bond acceptors (Lipinski definition) is 8. The molecule has 0 spiro atoms. The van der Waals surface area contributed by atoms with Crippen molar-refractivity contribution < 1.29 is 17.6 Å². The molecular formula is C20H19F3N8O. The van der Waals surface area contributed by atoms with Gasteiger partial charge in [0.25, 0.3) is 5.78 Å². The van der Waals surface area contributed by atoms with Crippen LogP contribution >= 0.6 is 0 Å². The monoisotopic (exact) mass is 444 g/mol. The number of halogens is 3. The van der Waals surface area contributed by atoms with Gasteiger partial charge >= 0.3 is 0 Å². The second-order valence-electron chi connectivity index (χ2n) is 7.54. The Bertz CT molecular complexity index is 1260. The molecule has 1 aromatic carbocycles. The largest absolute Gasteiger partial charge is 0.461 e. The number of nitrogens with one attached hydrogen (secondary N) is 1. The van der Waals surface area contributed by atoms with E-state index in [1.54, 1.807) is 12.1 Å². The van der Waals surface area contributed by atoms with Gasteiger partial charge in [-0.25, -0.2) is 13.2 Å². The topological polar surface area (TPSA) is 110 Å². The molecule has 32 heavy (non-hydrogen) atoms. The zero-order chi connectivity index (χ0) is 22.2. The van der Waals surface area contributed by atoms with Crippen LogP contribution in [0.15, 0.2) is 34.9 Å². The van der Waals surface area contributed by atoms with Crippen LogP contribution in [0.25, 0.3) is 17.4 Å². The second kappa shape index (κ2) is 8.11. The SMILES string of the molecule is Nc1nc(NCC2CCCN2Cc2cc(F)c(F)cc2F)nc2nc(-c3ccco3)nn12. The Morgan fingerprint density at radius 1 is 1.12 bits per heavy atom. The second-order valence-corrected chi connectivity index (χ2v) is 7.54. The zero-order valence-electron chi connectivity index (χ0n) is 16.8. The van der Waals surface area contributed by atoms with E-state index in [0.29, 0.717) is 30.7 Å². The van der Waals surface area contributed by atoms with Crippen molar-refractivity contribution in [1.82, 2.24) is 29.5 Å². The van der Waals surface area contributed by atoms with Gasteiger partial charge in [0.1, 0.15) is 5.82 Å². The van der Waals surface area contributed by atoms with E-state index in [1.807, 2.05) is 4.90 Å². The van der Waals surface area contributed by atoms with Gasteiger partial charge in [-0.3, -0.25) is 4.90 Å². The van der Waals surface area contributed by atoms with Gasteiger partial charge in [0.15, 0.2) is 17.4 Å². The van der Waals surface area contributed by atoms with Crippen molar-refractivity contribution in [3.63, 3.8) is 0 Å². The van der Waals surface area contributed by atoms with Crippen LogP contribution in [0.2, 0.25) is 0 Å². The molecule has 0 radical (unpaired) electrons. The quantitative estimate of drug-likeness (QED) is 0.437. The first-order valence-electron chi connectivity index (χ1n) is 10.0. The summed E-state index contributed by atoms with van der Waals surface area (Å²) in [6.07, 6.45) is 3.27. The first-order chi connectivity index (χ1) is 15.5. The van der Waals surface area contributed by atoms with Gasteiger partial charge < -0.3 is 15.5 Å². The standard InChI is InChI=1S/C20H19F3N8O/c21-13-8-15(23)14(22)7-11(13)10-30-5-1-3-12(30)9-25-19-27-18(24)31-20(28-19)26-17(29-31)16-4-2-6-32-16/h2,4,6-8,12H,1,3,5,9-10H2,(H3,24,25,26,27,28,29). The number of benzene rings is 1. The molecule has 3 aromatic heterocycles. The van der Waals surface area contributed by atoms with E-state index in [4.69, 9.17) is 10.2 Å². The summed E-state index contributed by atoms with van der Waals surface area (Å²) in [6, 6.07) is 4.97. The van der Waals surface area contributed by atoms with Crippen LogP contribution in [-0.4, -0.2) is 48.6 Å². The third kappa shape index (κ3) is 3.84. The first kappa shape index (κ1) is 20.2. The highest BCUT2D eigenvalue weighted by Gasteiger charge is 2.26. The molecule has 1 saturated heterocycles. The Morgan fingerprint density at radius 2 is 1.97 bits per heavy atom. The average Bonchev–Trinajstić information content (AvgIpc) is 3.51. The Balaban J connectivity index is 1.30. The smallest absolute Gasteiger partial charge is 0.259 e. The molecule has 1 aliphatic heterocycles. The van der Waals surface area contributed by atoms with Crippen LogP contribution < -0.4 is 11.1 Å². The third-order valence-electron chi connectivity index (χ3n) is 5.43. The summed E-state index contributed by atoms with van der Waals surface area (Å²) in [7, 11) is 0. The number of nitrogens with zero attached hydrogens (tertiary/aromatic N) is 6. The van der Waals surface area contributed by atoms with Crippen LogP contribution in [0, 0.1) is 17.5 Å². The van der Waals surface area contributed by atoms with Crippen LogP contribution in [0.1, 0.15) is 18.4 Å². The molecule has 4 aromatic rings. The lowest BCUT2D eigenvalue weighted by molar-refractivity contribution is 0.249. The fourth-order valence-corrected chi connectivity index (χ4v) is 3.84. The maximum Gasteiger partial charge on any atom is 0.259 e.